The van der Waals surface area contributed by atoms with Crippen LogP contribution in [0.4, 0.5) is 5.69 Å². The summed E-state index contributed by atoms with van der Waals surface area (Å²) in [6.45, 7) is 0. The molecule has 124 valence electrons. The van der Waals surface area contributed by atoms with Gasteiger partial charge >= 0.3 is 0 Å². The predicted octanol–water partition coefficient (Wildman–Crippen LogP) is 2.18. The fourth-order valence-corrected chi connectivity index (χ4v) is 4.41. The minimum Gasteiger partial charge on any atom is -0.326 e. The number of hydrogen-bond donors (Lipinski definition) is 2. The molecule has 2 aromatic carbocycles. The second kappa shape index (κ2) is 5.16. The van der Waals surface area contributed by atoms with Gasteiger partial charge in [-0.05, 0) is 54.7 Å². The largest absolute Gasteiger partial charge is 0.326 e. The summed E-state index contributed by atoms with van der Waals surface area (Å²) < 4.78 is 22.5. The first-order valence-corrected chi connectivity index (χ1v) is 9.47. The van der Waals surface area contributed by atoms with Gasteiger partial charge in [-0.3, -0.25) is 4.79 Å². The molecule has 0 unspecified atom stereocenters. The maximum Gasteiger partial charge on any atom is 0.238 e. The van der Waals surface area contributed by atoms with Crippen molar-refractivity contribution in [3.63, 3.8) is 0 Å². The molecule has 0 aliphatic heterocycles. The van der Waals surface area contributed by atoms with Crippen molar-refractivity contribution >= 4 is 21.6 Å². The molecule has 1 saturated carbocycles. The zero-order valence-electron chi connectivity index (χ0n) is 13.0. The third-order valence-electron chi connectivity index (χ3n) is 5.24. The Hall–Kier alpha value is -2.18. The van der Waals surface area contributed by atoms with Crippen LogP contribution in [0.25, 0.3) is 0 Å². The highest BCUT2D eigenvalue weighted by atomic mass is 32.2. The molecule has 2 aromatic rings. The van der Waals surface area contributed by atoms with Gasteiger partial charge in [-0.25, -0.2) is 13.6 Å². The molecule has 24 heavy (non-hydrogen) atoms. The average Bonchev–Trinajstić information content (AvgIpc) is 3.17. The van der Waals surface area contributed by atoms with Crippen molar-refractivity contribution in [2.24, 2.45) is 11.1 Å². The highest BCUT2D eigenvalue weighted by Gasteiger charge is 2.61. The average molecular weight is 342 g/mol. The van der Waals surface area contributed by atoms with Gasteiger partial charge in [0.25, 0.3) is 0 Å². The van der Waals surface area contributed by atoms with Crippen molar-refractivity contribution < 1.29 is 13.2 Å². The normalized spacial score (nSPS) is 24.6. The molecule has 5 nitrogen and oxygen atoms in total. The number of hydrogen-bond acceptors (Lipinski definition) is 3. The fourth-order valence-electron chi connectivity index (χ4n) is 3.90. The highest BCUT2D eigenvalue weighted by molar-refractivity contribution is 7.89. The number of fused-ring (bicyclic) bond motifs is 2. The molecule has 1 amide bonds. The van der Waals surface area contributed by atoms with E-state index in [-0.39, 0.29) is 22.1 Å². The number of nitrogens with two attached hydrogens (primary N) is 1. The van der Waals surface area contributed by atoms with Gasteiger partial charge in [-0.15, -0.1) is 0 Å². The molecule has 0 bridgehead atoms. The van der Waals surface area contributed by atoms with Crippen LogP contribution in [0.15, 0.2) is 53.4 Å². The van der Waals surface area contributed by atoms with Crippen molar-refractivity contribution in [2.75, 3.05) is 5.32 Å². The SMILES string of the molecule is NS(=O)(=O)c1ccc(NC(=O)[C@H]2C[C@@]23CCc2ccccc23)cc1. The van der Waals surface area contributed by atoms with Gasteiger partial charge in [0.2, 0.25) is 15.9 Å². The van der Waals surface area contributed by atoms with Crippen LogP contribution in [-0.2, 0) is 26.7 Å². The number of benzene rings is 2. The lowest BCUT2D eigenvalue weighted by atomic mass is 9.95. The van der Waals surface area contributed by atoms with Gasteiger partial charge in [-0.1, -0.05) is 24.3 Å². The van der Waals surface area contributed by atoms with Gasteiger partial charge in [0.05, 0.1) is 4.90 Å². The Labute approximate surface area is 140 Å². The van der Waals surface area contributed by atoms with Crippen molar-refractivity contribution in [1.82, 2.24) is 0 Å². The second-order valence-corrected chi connectivity index (χ2v) is 8.19. The molecular formula is C18H18N2O3S. The van der Waals surface area contributed by atoms with Crippen LogP contribution in [-0.4, -0.2) is 14.3 Å². The Morgan fingerprint density at radius 3 is 2.54 bits per heavy atom. The van der Waals surface area contributed by atoms with Crippen LogP contribution >= 0.6 is 0 Å². The molecule has 0 aromatic heterocycles. The third-order valence-corrected chi connectivity index (χ3v) is 6.17. The fraction of sp³-hybridized carbons (Fsp3) is 0.278. The monoisotopic (exact) mass is 342 g/mol. The Morgan fingerprint density at radius 1 is 1.12 bits per heavy atom. The van der Waals surface area contributed by atoms with Gasteiger partial charge < -0.3 is 5.32 Å². The molecule has 0 heterocycles. The summed E-state index contributed by atoms with van der Waals surface area (Å²) in [5.74, 6) is -0.0193. The van der Waals surface area contributed by atoms with Crippen molar-refractivity contribution in [3.8, 4) is 0 Å². The van der Waals surface area contributed by atoms with Crippen LogP contribution in [0.1, 0.15) is 24.0 Å². The van der Waals surface area contributed by atoms with E-state index in [1.807, 2.05) is 12.1 Å². The summed E-state index contributed by atoms with van der Waals surface area (Å²) in [4.78, 5) is 12.6. The summed E-state index contributed by atoms with van der Waals surface area (Å²) in [6, 6.07) is 14.3. The number of carbonyl (C=O) groups is 1. The Kier molecular flexibility index (Phi) is 3.30. The van der Waals surface area contributed by atoms with E-state index in [9.17, 15) is 13.2 Å². The first kappa shape index (κ1) is 15.4. The molecular weight excluding hydrogens is 324 g/mol. The number of anilines is 1. The molecule has 0 saturated heterocycles. The third kappa shape index (κ3) is 2.42. The number of carbonyl (C=O) groups excluding carboxylic acids is 1. The quantitative estimate of drug-likeness (QED) is 0.896. The Balaban J connectivity index is 1.49. The first-order chi connectivity index (χ1) is 11.4. The van der Waals surface area contributed by atoms with E-state index >= 15 is 0 Å². The molecule has 2 aliphatic rings. The van der Waals surface area contributed by atoms with Gasteiger partial charge in [-0.2, -0.15) is 0 Å². The van der Waals surface area contributed by atoms with Gasteiger partial charge in [0.15, 0.2) is 0 Å². The van der Waals surface area contributed by atoms with E-state index in [1.165, 1.54) is 23.3 Å². The molecule has 6 heteroatoms. The molecule has 1 fully saturated rings. The topological polar surface area (TPSA) is 89.3 Å². The van der Waals surface area contributed by atoms with E-state index in [0.29, 0.717) is 5.69 Å². The van der Waals surface area contributed by atoms with E-state index in [2.05, 4.69) is 17.4 Å². The highest BCUT2D eigenvalue weighted by Crippen LogP contribution is 2.61. The smallest absolute Gasteiger partial charge is 0.238 e. The second-order valence-electron chi connectivity index (χ2n) is 6.63. The zero-order chi connectivity index (χ0) is 16.9. The van der Waals surface area contributed by atoms with Crippen molar-refractivity contribution in [2.45, 2.75) is 29.6 Å². The van der Waals surface area contributed by atoms with Crippen LogP contribution in [0.3, 0.4) is 0 Å². The van der Waals surface area contributed by atoms with E-state index in [4.69, 9.17) is 5.14 Å². The van der Waals surface area contributed by atoms with Gasteiger partial charge in [0, 0.05) is 17.0 Å². The number of rotatable bonds is 3. The Bertz CT molecular complexity index is 922. The maximum atomic E-state index is 12.6. The van der Waals surface area contributed by atoms with Crippen LogP contribution in [0, 0.1) is 5.92 Å². The maximum absolute atomic E-state index is 12.6. The lowest BCUT2D eigenvalue weighted by Gasteiger charge is -2.12. The molecule has 2 aliphatic carbocycles. The lowest BCUT2D eigenvalue weighted by Crippen LogP contribution is -2.20. The van der Waals surface area contributed by atoms with Crippen LogP contribution < -0.4 is 10.5 Å². The summed E-state index contributed by atoms with van der Waals surface area (Å²) in [7, 11) is -3.72. The summed E-state index contributed by atoms with van der Waals surface area (Å²) >= 11 is 0. The molecule has 2 atom stereocenters. The van der Waals surface area contributed by atoms with E-state index in [0.717, 1.165) is 19.3 Å². The summed E-state index contributed by atoms with van der Waals surface area (Å²) in [5, 5.41) is 7.96. The number of aryl methyl sites for hydroxylation is 1. The summed E-state index contributed by atoms with van der Waals surface area (Å²) in [5.41, 5.74) is 3.25. The standard InChI is InChI=1S/C18H18N2O3S/c19-24(22,23)14-7-5-13(6-8-14)20-17(21)16-11-18(16)10-9-12-3-1-2-4-15(12)18/h1-8,16H,9-11H2,(H,20,21)(H2,19,22,23)/t16-,18-/m1/s1. The lowest BCUT2D eigenvalue weighted by molar-refractivity contribution is -0.117. The number of nitrogens with one attached hydrogen (secondary N) is 1. The number of sulfonamides is 1. The van der Waals surface area contributed by atoms with Crippen molar-refractivity contribution in [3.05, 3.63) is 59.7 Å². The first-order valence-electron chi connectivity index (χ1n) is 7.92. The van der Waals surface area contributed by atoms with Crippen LogP contribution in [0.5, 0.6) is 0 Å². The Morgan fingerprint density at radius 2 is 1.83 bits per heavy atom. The number of primary sulfonamides is 1. The van der Waals surface area contributed by atoms with E-state index in [1.54, 1.807) is 12.1 Å². The van der Waals surface area contributed by atoms with E-state index < -0.39 is 10.0 Å². The molecule has 4 rings (SSSR count). The molecule has 1 spiro atoms. The predicted molar refractivity (Wildman–Crippen MR) is 91.0 cm³/mol. The minimum atomic E-state index is -3.72. The molecule has 3 N–H and O–H groups in total. The minimum absolute atomic E-state index is 0.00121. The zero-order valence-corrected chi connectivity index (χ0v) is 13.8. The molecule has 0 radical (unpaired) electrons. The summed E-state index contributed by atoms with van der Waals surface area (Å²) in [6.07, 6.45) is 2.93. The van der Waals surface area contributed by atoms with Crippen LogP contribution in [0.2, 0.25) is 0 Å². The van der Waals surface area contributed by atoms with Crippen molar-refractivity contribution in [1.29, 1.82) is 0 Å². The number of amides is 1. The van der Waals surface area contributed by atoms with Gasteiger partial charge in [0.1, 0.15) is 0 Å².